The van der Waals surface area contributed by atoms with Crippen LogP contribution in [0.1, 0.15) is 75.1 Å². The second kappa shape index (κ2) is 7.96. The van der Waals surface area contributed by atoms with Crippen molar-refractivity contribution in [2.75, 3.05) is 18.0 Å². The molecule has 182 valence electrons. The quantitative estimate of drug-likeness (QED) is 0.426. The molecular weight excluding hydrogens is 442 g/mol. The molecule has 0 aromatic carbocycles. The van der Waals surface area contributed by atoms with Crippen molar-refractivity contribution in [3.05, 3.63) is 35.9 Å². The maximum atomic E-state index is 13.4. The largest absolute Gasteiger partial charge is 0.355 e. The van der Waals surface area contributed by atoms with E-state index >= 15 is 0 Å². The van der Waals surface area contributed by atoms with Gasteiger partial charge in [-0.1, -0.05) is 41.5 Å². The first-order valence-corrected chi connectivity index (χ1v) is 12.0. The highest BCUT2D eigenvalue weighted by Gasteiger charge is 2.30. The van der Waals surface area contributed by atoms with Gasteiger partial charge in [0.2, 0.25) is 0 Å². The van der Waals surface area contributed by atoms with Gasteiger partial charge in [-0.15, -0.1) is 0 Å². The fourth-order valence-corrected chi connectivity index (χ4v) is 4.40. The molecule has 0 saturated carbocycles. The number of ketones is 2. The molecule has 0 amide bonds. The zero-order chi connectivity index (χ0) is 25.1. The molecule has 1 aliphatic rings. The Morgan fingerprint density at radius 3 is 2.09 bits per heavy atom. The highest BCUT2D eigenvalue weighted by Crippen LogP contribution is 2.31. The van der Waals surface area contributed by atoms with E-state index in [1.54, 1.807) is 29.4 Å². The monoisotopic (exact) mass is 473 g/mol. The van der Waals surface area contributed by atoms with Crippen molar-refractivity contribution in [1.82, 2.24) is 29.5 Å². The highest BCUT2D eigenvalue weighted by molar-refractivity contribution is 6.09. The third-order valence-electron chi connectivity index (χ3n) is 6.38. The number of carbonyl (C=O) groups excluding carboxylic acids is 2. The van der Waals surface area contributed by atoms with Crippen molar-refractivity contribution in [2.24, 2.45) is 10.8 Å². The van der Waals surface area contributed by atoms with Crippen molar-refractivity contribution >= 4 is 39.7 Å². The summed E-state index contributed by atoms with van der Waals surface area (Å²) in [5, 5.41) is 0. The number of fused-ring (bicyclic) bond motifs is 2. The Labute approximate surface area is 204 Å². The number of hydrogen-bond donors (Lipinski definition) is 1. The average Bonchev–Trinajstić information content (AvgIpc) is 3.54. The number of nitrogens with one attached hydrogen (secondary N) is 1. The lowest BCUT2D eigenvalue weighted by atomic mass is 9.87. The Balaban J connectivity index is 1.70. The van der Waals surface area contributed by atoms with Crippen molar-refractivity contribution in [3.63, 3.8) is 0 Å². The molecule has 0 aliphatic carbocycles. The molecule has 5 heterocycles. The van der Waals surface area contributed by atoms with Crippen LogP contribution in [0.3, 0.4) is 0 Å². The van der Waals surface area contributed by atoms with Crippen LogP contribution in [-0.2, 0) is 0 Å². The van der Waals surface area contributed by atoms with Crippen molar-refractivity contribution in [3.8, 4) is 5.82 Å². The fourth-order valence-electron chi connectivity index (χ4n) is 4.40. The SMILES string of the molecule is CC(C)(C)C(=O)c1c[nH]c2ncc(-n3cc(C(=O)C(C)(C)C)c4nc(N5CCCC5)cnc43)nc12. The first kappa shape index (κ1) is 23.1. The number of rotatable bonds is 4. The first-order valence-electron chi connectivity index (χ1n) is 12.0. The third kappa shape index (κ3) is 3.98. The maximum Gasteiger partial charge on any atom is 0.171 e. The molecule has 0 unspecified atom stereocenters. The maximum absolute atomic E-state index is 13.4. The van der Waals surface area contributed by atoms with Gasteiger partial charge in [0, 0.05) is 36.3 Å². The minimum atomic E-state index is -0.590. The van der Waals surface area contributed by atoms with Crippen molar-refractivity contribution in [1.29, 1.82) is 0 Å². The molecule has 0 spiro atoms. The topological polar surface area (TPSA) is 110 Å². The van der Waals surface area contributed by atoms with Crippen LogP contribution in [0.5, 0.6) is 0 Å². The van der Waals surface area contributed by atoms with Gasteiger partial charge in [0.15, 0.2) is 28.7 Å². The van der Waals surface area contributed by atoms with E-state index in [1.807, 2.05) is 41.5 Å². The van der Waals surface area contributed by atoms with E-state index < -0.39 is 10.8 Å². The van der Waals surface area contributed by atoms with E-state index in [0.717, 1.165) is 31.7 Å². The number of aromatic amines is 1. The molecule has 0 bridgehead atoms. The van der Waals surface area contributed by atoms with E-state index in [9.17, 15) is 9.59 Å². The van der Waals surface area contributed by atoms with Crippen LogP contribution in [0.15, 0.2) is 24.8 Å². The molecule has 1 fully saturated rings. The second-order valence-electron chi connectivity index (χ2n) is 11.3. The number of H-pyrrole nitrogens is 1. The number of anilines is 1. The molecule has 0 atom stereocenters. The minimum Gasteiger partial charge on any atom is -0.355 e. The first-order chi connectivity index (χ1) is 16.4. The summed E-state index contributed by atoms with van der Waals surface area (Å²) in [6, 6.07) is 0. The van der Waals surface area contributed by atoms with Gasteiger partial charge in [0.05, 0.1) is 23.5 Å². The van der Waals surface area contributed by atoms with E-state index in [1.165, 1.54) is 0 Å². The lowest BCUT2D eigenvalue weighted by Crippen LogP contribution is -2.21. The summed E-state index contributed by atoms with van der Waals surface area (Å²) in [7, 11) is 0. The summed E-state index contributed by atoms with van der Waals surface area (Å²) in [6.45, 7) is 13.2. The van der Waals surface area contributed by atoms with Crippen LogP contribution in [0.4, 0.5) is 5.82 Å². The van der Waals surface area contributed by atoms with Crippen LogP contribution < -0.4 is 4.90 Å². The minimum absolute atomic E-state index is 0.0200. The second-order valence-corrected chi connectivity index (χ2v) is 11.3. The van der Waals surface area contributed by atoms with E-state index in [-0.39, 0.29) is 11.6 Å². The molecule has 35 heavy (non-hydrogen) atoms. The van der Waals surface area contributed by atoms with Gasteiger partial charge in [-0.05, 0) is 12.8 Å². The number of aromatic nitrogens is 6. The van der Waals surface area contributed by atoms with Crippen LogP contribution >= 0.6 is 0 Å². The average molecular weight is 474 g/mol. The summed E-state index contributed by atoms with van der Waals surface area (Å²) >= 11 is 0. The Morgan fingerprint density at radius 1 is 0.829 bits per heavy atom. The van der Waals surface area contributed by atoms with Gasteiger partial charge in [-0.3, -0.25) is 14.2 Å². The van der Waals surface area contributed by atoms with Gasteiger partial charge < -0.3 is 9.88 Å². The van der Waals surface area contributed by atoms with Crippen molar-refractivity contribution < 1.29 is 9.59 Å². The summed E-state index contributed by atoms with van der Waals surface area (Å²) < 4.78 is 1.75. The van der Waals surface area contributed by atoms with Crippen molar-refractivity contribution in [2.45, 2.75) is 54.4 Å². The molecule has 4 aromatic heterocycles. The molecule has 1 N–H and O–H groups in total. The lowest BCUT2D eigenvalue weighted by molar-refractivity contribution is 0.0854. The molecule has 4 aromatic rings. The highest BCUT2D eigenvalue weighted by atomic mass is 16.1. The van der Waals surface area contributed by atoms with Gasteiger partial charge in [-0.25, -0.2) is 19.9 Å². The van der Waals surface area contributed by atoms with E-state index in [4.69, 9.17) is 15.0 Å². The molecule has 5 rings (SSSR count). The zero-order valence-electron chi connectivity index (χ0n) is 21.1. The summed E-state index contributed by atoms with van der Waals surface area (Å²) in [5.74, 6) is 1.21. The molecule has 1 aliphatic heterocycles. The van der Waals surface area contributed by atoms with Gasteiger partial charge >= 0.3 is 0 Å². The van der Waals surface area contributed by atoms with Crippen LogP contribution in [-0.4, -0.2) is 54.1 Å². The Kier molecular flexibility index (Phi) is 5.27. The number of carbonyl (C=O) groups is 2. The summed E-state index contributed by atoms with van der Waals surface area (Å²) in [6.07, 6.45) is 9.02. The predicted octanol–water partition coefficient (Wildman–Crippen LogP) is 4.75. The van der Waals surface area contributed by atoms with Gasteiger partial charge in [-0.2, -0.15) is 0 Å². The molecule has 9 heteroatoms. The third-order valence-corrected chi connectivity index (χ3v) is 6.38. The molecule has 0 radical (unpaired) electrons. The number of nitrogens with zero attached hydrogens (tertiary/aromatic N) is 6. The molecule has 9 nitrogen and oxygen atoms in total. The van der Waals surface area contributed by atoms with E-state index in [0.29, 0.717) is 39.3 Å². The van der Waals surface area contributed by atoms with Crippen LogP contribution in [0.25, 0.3) is 28.1 Å². The Hall–Kier alpha value is -3.62. The number of Topliss-reactive ketones (excluding diaryl/α,β-unsaturated/α-hetero) is 2. The smallest absolute Gasteiger partial charge is 0.171 e. The normalized spacial score (nSPS) is 14.9. The Bertz CT molecular complexity index is 1460. The molecular formula is C26H31N7O2. The van der Waals surface area contributed by atoms with Crippen LogP contribution in [0.2, 0.25) is 0 Å². The lowest BCUT2D eigenvalue weighted by Gasteiger charge is -2.17. The summed E-state index contributed by atoms with van der Waals surface area (Å²) in [5.41, 5.74) is 1.96. The van der Waals surface area contributed by atoms with Crippen LogP contribution in [0, 0.1) is 10.8 Å². The molecule has 1 saturated heterocycles. The number of hydrogen-bond acceptors (Lipinski definition) is 7. The van der Waals surface area contributed by atoms with Gasteiger partial charge in [0.25, 0.3) is 0 Å². The summed E-state index contributed by atoms with van der Waals surface area (Å²) in [4.78, 5) is 50.5. The van der Waals surface area contributed by atoms with Gasteiger partial charge in [0.1, 0.15) is 16.9 Å². The standard InChI is InChI=1S/C26H31N7O2/c1-25(2,3)21(34)15-11-27-23-19(15)31-18(13-28-23)33-14-16(22(35)26(4,5)6)20-24(33)29-12-17(30-20)32-9-7-8-10-32/h11-14H,7-10H2,1-6H3,(H,27,28). The van der Waals surface area contributed by atoms with E-state index in [2.05, 4.69) is 14.9 Å². The Morgan fingerprint density at radius 2 is 1.43 bits per heavy atom. The zero-order valence-corrected chi connectivity index (χ0v) is 21.1. The fraction of sp³-hybridized carbons (Fsp3) is 0.462. The predicted molar refractivity (Wildman–Crippen MR) is 135 cm³/mol.